The lowest BCUT2D eigenvalue weighted by Gasteiger charge is -2.38. The number of thiophene rings is 1. The summed E-state index contributed by atoms with van der Waals surface area (Å²) in [4.78, 5) is 1.14. The summed E-state index contributed by atoms with van der Waals surface area (Å²) >= 11 is 7.44. The van der Waals surface area contributed by atoms with E-state index in [1.807, 2.05) is 12.1 Å². The van der Waals surface area contributed by atoms with Crippen molar-refractivity contribution in [2.45, 2.75) is 43.8 Å². The molecule has 90 valence electrons. The Balaban J connectivity index is 2.10. The van der Waals surface area contributed by atoms with E-state index < -0.39 is 5.60 Å². The first-order valence-corrected chi connectivity index (χ1v) is 6.83. The van der Waals surface area contributed by atoms with Crippen LogP contribution < -0.4 is 0 Å². The van der Waals surface area contributed by atoms with Crippen LogP contribution in [0.15, 0.2) is 12.1 Å². The molecule has 1 aromatic heterocycles. The Kier molecular flexibility index (Phi) is 3.90. The van der Waals surface area contributed by atoms with E-state index in [1.54, 1.807) is 18.4 Å². The van der Waals surface area contributed by atoms with E-state index in [0.29, 0.717) is 6.42 Å². The molecule has 2 nitrogen and oxygen atoms in total. The Morgan fingerprint density at radius 1 is 1.56 bits per heavy atom. The summed E-state index contributed by atoms with van der Waals surface area (Å²) in [6.45, 7) is 0. The highest BCUT2D eigenvalue weighted by atomic mass is 35.5. The quantitative estimate of drug-likeness (QED) is 0.904. The molecular formula is C12H17ClO2S. The van der Waals surface area contributed by atoms with Crippen LogP contribution in [0.5, 0.6) is 0 Å². The predicted octanol–water partition coefficient (Wildman–Crippen LogP) is 3.26. The fraction of sp³-hybridized carbons (Fsp3) is 0.667. The lowest BCUT2D eigenvalue weighted by molar-refractivity contribution is -0.115. The molecular weight excluding hydrogens is 244 g/mol. The number of rotatable bonds is 3. The fourth-order valence-electron chi connectivity index (χ4n) is 2.48. The number of hydrogen-bond donors (Lipinski definition) is 1. The minimum atomic E-state index is -0.707. The summed E-state index contributed by atoms with van der Waals surface area (Å²) < 4.78 is 6.19. The summed E-state index contributed by atoms with van der Waals surface area (Å²) in [5, 5.41) is 10.6. The molecule has 0 aliphatic heterocycles. The van der Waals surface area contributed by atoms with Crippen LogP contribution in [0.4, 0.5) is 0 Å². The molecule has 1 heterocycles. The number of methoxy groups -OCH3 is 1. The molecule has 4 heteroatoms. The first kappa shape index (κ1) is 12.4. The normalized spacial score (nSPS) is 30.6. The summed E-state index contributed by atoms with van der Waals surface area (Å²) in [5.41, 5.74) is -0.707. The van der Waals surface area contributed by atoms with Crippen LogP contribution in [0.2, 0.25) is 4.34 Å². The highest BCUT2D eigenvalue weighted by Gasteiger charge is 2.39. The first-order chi connectivity index (χ1) is 7.64. The number of aliphatic hydroxyl groups is 1. The maximum Gasteiger partial charge on any atom is 0.0955 e. The Morgan fingerprint density at radius 3 is 3.00 bits per heavy atom. The molecule has 0 bridgehead atoms. The first-order valence-electron chi connectivity index (χ1n) is 5.63. The van der Waals surface area contributed by atoms with Gasteiger partial charge in [-0.05, 0) is 25.0 Å². The zero-order valence-corrected chi connectivity index (χ0v) is 11.0. The van der Waals surface area contributed by atoms with Gasteiger partial charge >= 0.3 is 0 Å². The Hall–Kier alpha value is -0.0900. The topological polar surface area (TPSA) is 29.5 Å². The van der Waals surface area contributed by atoms with Gasteiger partial charge in [0, 0.05) is 18.4 Å². The van der Waals surface area contributed by atoms with Crippen molar-refractivity contribution >= 4 is 22.9 Å². The summed E-state index contributed by atoms with van der Waals surface area (Å²) in [6, 6.07) is 3.88. The monoisotopic (exact) mass is 260 g/mol. The molecule has 1 N–H and O–H groups in total. The van der Waals surface area contributed by atoms with E-state index in [1.165, 1.54) is 0 Å². The van der Waals surface area contributed by atoms with Gasteiger partial charge in [0.25, 0.3) is 0 Å². The summed E-state index contributed by atoms with van der Waals surface area (Å²) in [7, 11) is 1.68. The number of hydrogen-bond acceptors (Lipinski definition) is 3. The minimum absolute atomic E-state index is 0.0397. The van der Waals surface area contributed by atoms with Gasteiger partial charge in [-0.15, -0.1) is 11.3 Å². The average Bonchev–Trinajstić information content (AvgIpc) is 2.64. The lowest BCUT2D eigenvalue weighted by Crippen LogP contribution is -2.47. The molecule has 2 atom stereocenters. The molecule has 1 saturated carbocycles. The van der Waals surface area contributed by atoms with E-state index in [9.17, 15) is 5.11 Å². The largest absolute Gasteiger partial charge is 0.387 e. The molecule has 0 saturated heterocycles. The lowest BCUT2D eigenvalue weighted by atomic mass is 9.79. The number of ether oxygens (including phenoxy) is 1. The van der Waals surface area contributed by atoms with Crippen LogP contribution in [0.3, 0.4) is 0 Å². The molecule has 0 aromatic carbocycles. The van der Waals surface area contributed by atoms with Crippen molar-refractivity contribution in [2.75, 3.05) is 7.11 Å². The Labute approximate surface area is 105 Å². The van der Waals surface area contributed by atoms with Crippen LogP contribution in [0, 0.1) is 0 Å². The third kappa shape index (κ3) is 2.59. The van der Waals surface area contributed by atoms with E-state index in [4.69, 9.17) is 16.3 Å². The standard InChI is InChI=1S/C12H17ClO2S/c1-15-10-4-2-3-7-12(10,14)8-9-5-6-11(13)16-9/h5-6,10,14H,2-4,7-8H2,1H3. The van der Waals surface area contributed by atoms with Gasteiger partial charge in [0.05, 0.1) is 16.0 Å². The molecule has 2 unspecified atom stereocenters. The Bertz CT molecular complexity index is 353. The molecule has 1 fully saturated rings. The van der Waals surface area contributed by atoms with Crippen LogP contribution in [0.1, 0.15) is 30.6 Å². The molecule has 0 amide bonds. The maximum absolute atomic E-state index is 10.6. The SMILES string of the molecule is COC1CCCCC1(O)Cc1ccc(Cl)s1. The van der Waals surface area contributed by atoms with Gasteiger partial charge in [-0.2, -0.15) is 0 Å². The van der Waals surface area contributed by atoms with Crippen molar-refractivity contribution < 1.29 is 9.84 Å². The van der Waals surface area contributed by atoms with Gasteiger partial charge in [-0.1, -0.05) is 24.4 Å². The van der Waals surface area contributed by atoms with E-state index in [-0.39, 0.29) is 6.10 Å². The second-order valence-corrected chi connectivity index (χ2v) is 6.26. The molecule has 2 rings (SSSR count). The zero-order chi connectivity index (χ0) is 11.6. The summed E-state index contributed by atoms with van der Waals surface area (Å²) in [5.74, 6) is 0. The van der Waals surface area contributed by atoms with Gasteiger partial charge in [-0.25, -0.2) is 0 Å². The molecule has 1 aliphatic carbocycles. The van der Waals surface area contributed by atoms with Gasteiger partial charge in [0.1, 0.15) is 0 Å². The molecule has 0 radical (unpaired) electrons. The van der Waals surface area contributed by atoms with Crippen molar-refractivity contribution in [3.05, 3.63) is 21.3 Å². The predicted molar refractivity (Wildman–Crippen MR) is 67.2 cm³/mol. The molecule has 1 aromatic rings. The van der Waals surface area contributed by atoms with Crippen LogP contribution >= 0.6 is 22.9 Å². The van der Waals surface area contributed by atoms with Crippen LogP contribution in [-0.4, -0.2) is 23.9 Å². The van der Waals surface area contributed by atoms with Crippen molar-refractivity contribution in [1.82, 2.24) is 0 Å². The third-order valence-corrected chi connectivity index (χ3v) is 4.55. The third-order valence-electron chi connectivity index (χ3n) is 3.32. The van der Waals surface area contributed by atoms with E-state index >= 15 is 0 Å². The smallest absolute Gasteiger partial charge is 0.0955 e. The minimum Gasteiger partial charge on any atom is -0.387 e. The van der Waals surface area contributed by atoms with Crippen LogP contribution in [-0.2, 0) is 11.2 Å². The van der Waals surface area contributed by atoms with Crippen molar-refractivity contribution in [3.8, 4) is 0 Å². The maximum atomic E-state index is 10.6. The highest BCUT2D eigenvalue weighted by Crippen LogP contribution is 2.35. The zero-order valence-electron chi connectivity index (χ0n) is 9.41. The molecule has 16 heavy (non-hydrogen) atoms. The van der Waals surface area contributed by atoms with Crippen molar-refractivity contribution in [2.24, 2.45) is 0 Å². The van der Waals surface area contributed by atoms with E-state index in [0.717, 1.165) is 34.9 Å². The highest BCUT2D eigenvalue weighted by molar-refractivity contribution is 7.16. The van der Waals surface area contributed by atoms with Crippen molar-refractivity contribution in [3.63, 3.8) is 0 Å². The summed E-state index contributed by atoms with van der Waals surface area (Å²) in [6.07, 6.45) is 4.61. The molecule has 1 aliphatic rings. The second kappa shape index (κ2) is 5.05. The van der Waals surface area contributed by atoms with Crippen LogP contribution in [0.25, 0.3) is 0 Å². The Morgan fingerprint density at radius 2 is 2.38 bits per heavy atom. The second-order valence-electron chi connectivity index (χ2n) is 4.46. The van der Waals surface area contributed by atoms with Gasteiger partial charge in [0.2, 0.25) is 0 Å². The average molecular weight is 261 g/mol. The van der Waals surface area contributed by atoms with Crippen molar-refractivity contribution in [1.29, 1.82) is 0 Å². The number of halogens is 1. The fourth-order valence-corrected chi connectivity index (χ4v) is 3.68. The van der Waals surface area contributed by atoms with E-state index in [2.05, 4.69) is 0 Å². The van der Waals surface area contributed by atoms with Gasteiger partial charge in [0.15, 0.2) is 0 Å². The molecule has 0 spiro atoms. The van der Waals surface area contributed by atoms with Gasteiger partial charge in [-0.3, -0.25) is 0 Å². The van der Waals surface area contributed by atoms with Gasteiger partial charge < -0.3 is 9.84 Å².